The summed E-state index contributed by atoms with van der Waals surface area (Å²) in [5.74, 6) is 0.464. The van der Waals surface area contributed by atoms with Crippen LogP contribution in [0, 0.1) is 0 Å². The van der Waals surface area contributed by atoms with E-state index in [2.05, 4.69) is 29.1 Å². The fourth-order valence-corrected chi connectivity index (χ4v) is 2.29. The van der Waals surface area contributed by atoms with E-state index < -0.39 is 0 Å². The predicted octanol–water partition coefficient (Wildman–Crippen LogP) is 2.68. The predicted molar refractivity (Wildman–Crippen MR) is 94.3 cm³/mol. The van der Waals surface area contributed by atoms with Crippen LogP contribution >= 0.6 is 0 Å². The fourth-order valence-electron chi connectivity index (χ4n) is 2.29. The van der Waals surface area contributed by atoms with Gasteiger partial charge < -0.3 is 20.7 Å². The lowest BCUT2D eigenvalue weighted by Crippen LogP contribution is -2.25. The molecular formula is C17H30N4O. The second kappa shape index (κ2) is 11.0. The molecule has 0 radical (unpaired) electrons. The smallest absolute Gasteiger partial charge is 0.193 e. The number of para-hydroxylation sites is 1. The molecule has 0 unspecified atom stereocenters. The standard InChI is InChI=1S/C17H30N4O/c1-4-21(5-2)13-9-8-12-19-17(18)20-16-11-7-6-10-15(16)14-22-3/h6-7,10-11H,4-5,8-9,12-14H2,1-3H3,(H3,18,19,20). The molecule has 0 saturated carbocycles. The average molecular weight is 306 g/mol. The Kier molecular flexibility index (Phi) is 9.26. The van der Waals surface area contributed by atoms with Gasteiger partial charge in [0.05, 0.1) is 6.61 Å². The van der Waals surface area contributed by atoms with Gasteiger partial charge in [0.1, 0.15) is 0 Å². The first-order chi connectivity index (χ1) is 10.7. The zero-order chi connectivity index (χ0) is 16.2. The molecule has 22 heavy (non-hydrogen) atoms. The second-order valence-corrected chi connectivity index (χ2v) is 5.22. The molecule has 0 amide bonds. The van der Waals surface area contributed by atoms with Crippen molar-refractivity contribution in [2.45, 2.75) is 33.3 Å². The second-order valence-electron chi connectivity index (χ2n) is 5.22. The molecule has 0 aliphatic rings. The quantitative estimate of drug-likeness (QED) is 0.396. The average Bonchev–Trinajstić information content (AvgIpc) is 2.53. The Morgan fingerprint density at radius 1 is 1.23 bits per heavy atom. The van der Waals surface area contributed by atoms with Gasteiger partial charge in [0.25, 0.3) is 0 Å². The van der Waals surface area contributed by atoms with Crippen LogP contribution < -0.4 is 11.1 Å². The van der Waals surface area contributed by atoms with Crippen molar-refractivity contribution < 1.29 is 4.74 Å². The fraction of sp³-hybridized carbons (Fsp3) is 0.588. The summed E-state index contributed by atoms with van der Waals surface area (Å²) >= 11 is 0. The molecule has 0 fully saturated rings. The summed E-state index contributed by atoms with van der Waals surface area (Å²) in [4.78, 5) is 6.82. The van der Waals surface area contributed by atoms with Gasteiger partial charge in [-0.1, -0.05) is 32.0 Å². The Bertz CT molecular complexity index is 444. The Morgan fingerprint density at radius 3 is 2.64 bits per heavy atom. The molecule has 0 spiro atoms. The van der Waals surface area contributed by atoms with E-state index in [1.54, 1.807) is 7.11 Å². The van der Waals surface area contributed by atoms with Crippen molar-refractivity contribution in [2.24, 2.45) is 10.7 Å². The molecule has 5 nitrogen and oxygen atoms in total. The van der Waals surface area contributed by atoms with Crippen LogP contribution in [0.3, 0.4) is 0 Å². The van der Waals surface area contributed by atoms with Crippen molar-refractivity contribution in [1.82, 2.24) is 4.90 Å². The molecule has 0 heterocycles. The number of rotatable bonds is 10. The number of methoxy groups -OCH3 is 1. The molecule has 3 N–H and O–H groups in total. The summed E-state index contributed by atoms with van der Waals surface area (Å²) in [6.07, 6.45) is 2.21. The van der Waals surface area contributed by atoms with Gasteiger partial charge in [-0.15, -0.1) is 0 Å². The first-order valence-electron chi connectivity index (χ1n) is 8.07. The first kappa shape index (κ1) is 18.5. The van der Waals surface area contributed by atoms with Crippen LogP contribution in [0.2, 0.25) is 0 Å². The molecule has 5 heteroatoms. The minimum Gasteiger partial charge on any atom is -0.380 e. The lowest BCUT2D eigenvalue weighted by molar-refractivity contribution is 0.185. The van der Waals surface area contributed by atoms with Crippen molar-refractivity contribution in [3.8, 4) is 0 Å². The molecular weight excluding hydrogens is 276 g/mol. The van der Waals surface area contributed by atoms with Crippen LogP contribution in [0.1, 0.15) is 32.3 Å². The molecule has 0 aliphatic carbocycles. The summed E-state index contributed by atoms with van der Waals surface area (Å²) < 4.78 is 5.18. The largest absolute Gasteiger partial charge is 0.380 e. The Hall–Kier alpha value is -1.59. The SMILES string of the molecule is CCN(CC)CCCCN=C(N)Nc1ccccc1COC. The number of benzene rings is 1. The topological polar surface area (TPSA) is 62.9 Å². The van der Waals surface area contributed by atoms with Crippen LogP contribution in [0.25, 0.3) is 0 Å². The third-order valence-corrected chi connectivity index (χ3v) is 3.64. The molecule has 0 bridgehead atoms. The maximum atomic E-state index is 5.95. The van der Waals surface area contributed by atoms with Crippen molar-refractivity contribution in [3.63, 3.8) is 0 Å². The number of guanidine groups is 1. The zero-order valence-electron chi connectivity index (χ0n) is 14.1. The Balaban J connectivity index is 2.37. The van der Waals surface area contributed by atoms with E-state index in [1.807, 2.05) is 24.3 Å². The highest BCUT2D eigenvalue weighted by Gasteiger charge is 2.02. The van der Waals surface area contributed by atoms with Gasteiger partial charge in [0, 0.05) is 24.9 Å². The number of ether oxygens (including phenoxy) is 1. The highest BCUT2D eigenvalue weighted by molar-refractivity contribution is 5.92. The maximum absolute atomic E-state index is 5.95. The van der Waals surface area contributed by atoms with Crippen molar-refractivity contribution in [1.29, 1.82) is 0 Å². The summed E-state index contributed by atoms with van der Waals surface area (Å²) in [5, 5.41) is 3.15. The normalized spacial score (nSPS) is 11.9. The number of nitrogens with one attached hydrogen (secondary N) is 1. The van der Waals surface area contributed by atoms with E-state index in [0.29, 0.717) is 12.6 Å². The van der Waals surface area contributed by atoms with Gasteiger partial charge in [-0.2, -0.15) is 0 Å². The Labute approximate surface area is 134 Å². The molecule has 0 aromatic heterocycles. The molecule has 0 atom stereocenters. The van der Waals surface area contributed by atoms with Gasteiger partial charge in [0.2, 0.25) is 0 Å². The number of unbranched alkanes of at least 4 members (excludes halogenated alkanes) is 1. The van der Waals surface area contributed by atoms with Crippen molar-refractivity contribution in [3.05, 3.63) is 29.8 Å². The number of aliphatic imine (C=N–C) groups is 1. The van der Waals surface area contributed by atoms with Gasteiger partial charge in [-0.3, -0.25) is 4.99 Å². The number of hydrogen-bond donors (Lipinski definition) is 2. The van der Waals surface area contributed by atoms with Gasteiger partial charge >= 0.3 is 0 Å². The highest BCUT2D eigenvalue weighted by Crippen LogP contribution is 2.15. The van der Waals surface area contributed by atoms with Crippen molar-refractivity contribution >= 4 is 11.6 Å². The van der Waals surface area contributed by atoms with Gasteiger partial charge in [-0.25, -0.2) is 0 Å². The zero-order valence-corrected chi connectivity index (χ0v) is 14.1. The maximum Gasteiger partial charge on any atom is 0.193 e. The number of hydrogen-bond acceptors (Lipinski definition) is 3. The van der Waals surface area contributed by atoms with Crippen LogP contribution in [-0.2, 0) is 11.3 Å². The third-order valence-electron chi connectivity index (χ3n) is 3.64. The van der Waals surface area contributed by atoms with E-state index in [9.17, 15) is 0 Å². The summed E-state index contributed by atoms with van der Waals surface area (Å²) in [5.41, 5.74) is 7.98. The van der Waals surface area contributed by atoms with Crippen LogP contribution in [-0.4, -0.2) is 44.1 Å². The summed E-state index contributed by atoms with van der Waals surface area (Å²) in [7, 11) is 1.68. The molecule has 0 aliphatic heterocycles. The molecule has 124 valence electrons. The monoisotopic (exact) mass is 306 g/mol. The van der Waals surface area contributed by atoms with Gasteiger partial charge in [-0.05, 0) is 38.5 Å². The number of anilines is 1. The van der Waals surface area contributed by atoms with Crippen LogP contribution in [0.4, 0.5) is 5.69 Å². The van der Waals surface area contributed by atoms with E-state index in [0.717, 1.165) is 50.3 Å². The van der Waals surface area contributed by atoms with Crippen LogP contribution in [0.5, 0.6) is 0 Å². The molecule has 1 aromatic carbocycles. The minimum absolute atomic E-state index is 0.464. The highest BCUT2D eigenvalue weighted by atomic mass is 16.5. The van der Waals surface area contributed by atoms with E-state index in [4.69, 9.17) is 10.5 Å². The van der Waals surface area contributed by atoms with Crippen molar-refractivity contribution in [2.75, 3.05) is 38.6 Å². The Morgan fingerprint density at radius 2 is 1.95 bits per heavy atom. The number of nitrogens with two attached hydrogens (primary N) is 1. The minimum atomic E-state index is 0.464. The lowest BCUT2D eigenvalue weighted by atomic mass is 10.2. The van der Waals surface area contributed by atoms with Crippen LogP contribution in [0.15, 0.2) is 29.3 Å². The molecule has 1 aromatic rings. The summed E-state index contributed by atoms with van der Waals surface area (Å²) in [6.45, 7) is 9.06. The lowest BCUT2D eigenvalue weighted by Gasteiger charge is -2.17. The van der Waals surface area contributed by atoms with E-state index >= 15 is 0 Å². The first-order valence-corrected chi connectivity index (χ1v) is 8.07. The van der Waals surface area contributed by atoms with E-state index in [-0.39, 0.29) is 0 Å². The van der Waals surface area contributed by atoms with Gasteiger partial charge in [0.15, 0.2) is 5.96 Å². The third kappa shape index (κ3) is 6.91. The molecule has 1 rings (SSSR count). The summed E-state index contributed by atoms with van der Waals surface area (Å²) in [6, 6.07) is 7.96. The number of nitrogens with zero attached hydrogens (tertiary/aromatic N) is 2. The van der Waals surface area contributed by atoms with E-state index in [1.165, 1.54) is 0 Å². The molecule has 0 saturated heterocycles.